The molecule has 0 amide bonds. The van der Waals surface area contributed by atoms with Crippen molar-refractivity contribution in [2.24, 2.45) is 5.41 Å². The summed E-state index contributed by atoms with van der Waals surface area (Å²) < 4.78 is 13.1. The molecule has 0 aromatic heterocycles. The summed E-state index contributed by atoms with van der Waals surface area (Å²) in [7, 11) is 0. The molecule has 0 aliphatic carbocycles. The average molecular weight is 336 g/mol. The van der Waals surface area contributed by atoms with Gasteiger partial charge >= 0.3 is 0 Å². The van der Waals surface area contributed by atoms with Gasteiger partial charge in [-0.3, -0.25) is 0 Å². The lowest BCUT2D eigenvalue weighted by Gasteiger charge is -2.50. The molecular weight excluding hydrogens is 308 g/mol. The van der Waals surface area contributed by atoms with Gasteiger partial charge in [0.05, 0.1) is 24.4 Å². The average Bonchev–Trinajstić information content (AvgIpc) is 2.66. The van der Waals surface area contributed by atoms with Crippen molar-refractivity contribution in [1.82, 2.24) is 0 Å². The van der Waals surface area contributed by atoms with Crippen LogP contribution in [0.5, 0.6) is 0 Å². The summed E-state index contributed by atoms with van der Waals surface area (Å²) in [4.78, 5) is 0. The van der Waals surface area contributed by atoms with Crippen LogP contribution in [-0.2, 0) is 9.47 Å². The summed E-state index contributed by atoms with van der Waals surface area (Å²) in [5.41, 5.74) is 2.75. The zero-order valence-corrected chi connectivity index (χ0v) is 15.3. The first-order valence-electron chi connectivity index (χ1n) is 9.45. The molecule has 2 aliphatic heterocycles. The third kappa shape index (κ3) is 3.65. The molecular formula is C23H28O2. The molecule has 2 aromatic carbocycles. The Morgan fingerprint density at radius 2 is 1.28 bits per heavy atom. The molecule has 2 aliphatic rings. The Bertz CT molecular complexity index is 633. The monoisotopic (exact) mass is 336 g/mol. The van der Waals surface area contributed by atoms with E-state index in [1.807, 2.05) is 0 Å². The minimum absolute atomic E-state index is 0.0607. The molecule has 1 spiro atoms. The van der Waals surface area contributed by atoms with Gasteiger partial charge in [0.25, 0.3) is 0 Å². The Morgan fingerprint density at radius 3 is 1.72 bits per heavy atom. The van der Waals surface area contributed by atoms with Crippen molar-refractivity contribution in [2.75, 3.05) is 6.61 Å². The molecule has 3 atom stereocenters. The molecule has 0 bridgehead atoms. The summed E-state index contributed by atoms with van der Waals surface area (Å²) in [6.07, 6.45) is 4.45. The minimum atomic E-state index is -0.0607. The lowest BCUT2D eigenvalue weighted by molar-refractivity contribution is -0.207. The van der Waals surface area contributed by atoms with Crippen molar-refractivity contribution in [3.63, 3.8) is 0 Å². The standard InChI is InChI=1S/C23H28O2/c1-22(2)13-14-23(24-17-22)15-20(18-9-5-3-6-10-18)25-21(16-23)19-11-7-4-8-12-19/h3-12,20-21H,13-17H2,1-2H3/t20-,21+,23?. The summed E-state index contributed by atoms with van der Waals surface area (Å²) >= 11 is 0. The third-order valence-corrected chi connectivity index (χ3v) is 5.81. The first-order chi connectivity index (χ1) is 12.1. The van der Waals surface area contributed by atoms with Gasteiger partial charge in [0.2, 0.25) is 0 Å². The van der Waals surface area contributed by atoms with Crippen LogP contribution in [0.4, 0.5) is 0 Å². The molecule has 2 heteroatoms. The van der Waals surface area contributed by atoms with E-state index in [0.29, 0.717) is 0 Å². The molecule has 132 valence electrons. The topological polar surface area (TPSA) is 18.5 Å². The van der Waals surface area contributed by atoms with Crippen LogP contribution in [0.15, 0.2) is 60.7 Å². The van der Waals surface area contributed by atoms with Crippen molar-refractivity contribution in [2.45, 2.75) is 57.3 Å². The second kappa shape index (κ2) is 6.59. The smallest absolute Gasteiger partial charge is 0.0860 e. The Labute approximate surface area is 151 Å². The number of hydrogen-bond donors (Lipinski definition) is 0. The van der Waals surface area contributed by atoms with Gasteiger partial charge in [0.15, 0.2) is 0 Å². The molecule has 2 fully saturated rings. The summed E-state index contributed by atoms with van der Waals surface area (Å²) in [6.45, 7) is 5.46. The lowest BCUT2D eigenvalue weighted by Crippen LogP contribution is -2.47. The minimum Gasteiger partial charge on any atom is -0.374 e. The third-order valence-electron chi connectivity index (χ3n) is 5.81. The maximum Gasteiger partial charge on any atom is 0.0860 e. The maximum atomic E-state index is 6.56. The highest BCUT2D eigenvalue weighted by molar-refractivity contribution is 5.23. The Hall–Kier alpha value is -1.64. The molecule has 0 saturated carbocycles. The molecule has 1 unspecified atom stereocenters. The number of rotatable bonds is 2. The van der Waals surface area contributed by atoms with Crippen molar-refractivity contribution >= 4 is 0 Å². The van der Waals surface area contributed by atoms with Gasteiger partial charge in [-0.25, -0.2) is 0 Å². The van der Waals surface area contributed by atoms with Crippen LogP contribution >= 0.6 is 0 Å². The van der Waals surface area contributed by atoms with E-state index in [4.69, 9.17) is 9.47 Å². The van der Waals surface area contributed by atoms with Crippen LogP contribution in [0.25, 0.3) is 0 Å². The van der Waals surface area contributed by atoms with E-state index in [9.17, 15) is 0 Å². The van der Waals surface area contributed by atoms with E-state index in [0.717, 1.165) is 25.9 Å². The van der Waals surface area contributed by atoms with Crippen LogP contribution in [0.3, 0.4) is 0 Å². The van der Waals surface area contributed by atoms with Gasteiger partial charge < -0.3 is 9.47 Å². The fourth-order valence-corrected chi connectivity index (χ4v) is 4.16. The van der Waals surface area contributed by atoms with Crippen LogP contribution in [-0.4, -0.2) is 12.2 Å². The summed E-state index contributed by atoms with van der Waals surface area (Å²) in [5, 5.41) is 0. The van der Waals surface area contributed by atoms with E-state index < -0.39 is 0 Å². The van der Waals surface area contributed by atoms with Gasteiger partial charge in [-0.1, -0.05) is 74.5 Å². The van der Waals surface area contributed by atoms with E-state index >= 15 is 0 Å². The zero-order chi connectivity index (χ0) is 17.3. The highest BCUT2D eigenvalue weighted by atomic mass is 16.5. The number of benzene rings is 2. The Balaban J connectivity index is 1.64. The fraction of sp³-hybridized carbons (Fsp3) is 0.478. The van der Waals surface area contributed by atoms with Crippen molar-refractivity contribution in [3.8, 4) is 0 Å². The first-order valence-corrected chi connectivity index (χ1v) is 9.45. The van der Waals surface area contributed by atoms with Crippen LogP contribution < -0.4 is 0 Å². The molecule has 2 saturated heterocycles. The fourth-order valence-electron chi connectivity index (χ4n) is 4.16. The number of ether oxygens (including phenoxy) is 2. The summed E-state index contributed by atoms with van der Waals surface area (Å²) in [6, 6.07) is 21.2. The summed E-state index contributed by atoms with van der Waals surface area (Å²) in [5.74, 6) is 0. The van der Waals surface area contributed by atoms with E-state index in [1.165, 1.54) is 17.5 Å². The van der Waals surface area contributed by atoms with Gasteiger partial charge in [-0.2, -0.15) is 0 Å². The normalized spacial score (nSPS) is 31.8. The predicted molar refractivity (Wildman–Crippen MR) is 100 cm³/mol. The largest absolute Gasteiger partial charge is 0.374 e. The Kier molecular flexibility index (Phi) is 4.43. The second-order valence-electron chi connectivity index (χ2n) is 8.48. The van der Waals surface area contributed by atoms with Gasteiger partial charge in [-0.15, -0.1) is 0 Å². The lowest BCUT2D eigenvalue weighted by atomic mass is 9.73. The van der Waals surface area contributed by atoms with Crippen LogP contribution in [0.2, 0.25) is 0 Å². The van der Waals surface area contributed by atoms with Crippen LogP contribution in [0, 0.1) is 5.41 Å². The van der Waals surface area contributed by atoms with Crippen molar-refractivity contribution < 1.29 is 9.47 Å². The van der Waals surface area contributed by atoms with Crippen molar-refractivity contribution in [3.05, 3.63) is 71.8 Å². The maximum absolute atomic E-state index is 6.56. The Morgan fingerprint density at radius 1 is 0.760 bits per heavy atom. The molecule has 2 heterocycles. The van der Waals surface area contributed by atoms with Crippen LogP contribution in [0.1, 0.15) is 62.9 Å². The quantitative estimate of drug-likeness (QED) is 0.684. The molecule has 0 radical (unpaired) electrons. The van der Waals surface area contributed by atoms with Gasteiger partial charge in [-0.05, 0) is 29.4 Å². The van der Waals surface area contributed by atoms with Crippen molar-refractivity contribution in [1.29, 1.82) is 0 Å². The van der Waals surface area contributed by atoms with E-state index in [2.05, 4.69) is 74.5 Å². The second-order valence-corrected chi connectivity index (χ2v) is 8.48. The molecule has 25 heavy (non-hydrogen) atoms. The SMILES string of the molecule is CC1(C)CCC2(C[C@@H](c3ccccc3)O[C@@H](c3ccccc3)C2)OC1. The molecule has 0 N–H and O–H groups in total. The zero-order valence-electron chi connectivity index (χ0n) is 15.3. The highest BCUT2D eigenvalue weighted by Gasteiger charge is 2.46. The molecule has 2 nitrogen and oxygen atoms in total. The van der Waals surface area contributed by atoms with E-state index in [-0.39, 0.29) is 23.2 Å². The van der Waals surface area contributed by atoms with Gasteiger partial charge in [0, 0.05) is 12.8 Å². The van der Waals surface area contributed by atoms with Gasteiger partial charge in [0.1, 0.15) is 0 Å². The van der Waals surface area contributed by atoms with E-state index in [1.54, 1.807) is 0 Å². The molecule has 4 rings (SSSR count). The number of hydrogen-bond acceptors (Lipinski definition) is 2. The molecule has 2 aromatic rings. The predicted octanol–water partition coefficient (Wildman–Crippen LogP) is 5.85. The highest BCUT2D eigenvalue weighted by Crippen LogP contribution is 2.50. The first kappa shape index (κ1) is 16.8.